The van der Waals surface area contributed by atoms with E-state index in [1.54, 1.807) is 0 Å². The van der Waals surface area contributed by atoms with Gasteiger partial charge in [0.2, 0.25) is 0 Å². The zero-order valence-corrected chi connectivity index (χ0v) is 12.0. The summed E-state index contributed by atoms with van der Waals surface area (Å²) in [7, 11) is 0. The lowest BCUT2D eigenvalue weighted by Gasteiger charge is -2.15. The van der Waals surface area contributed by atoms with Gasteiger partial charge in [-0.25, -0.2) is 0 Å². The van der Waals surface area contributed by atoms with Crippen LogP contribution in [-0.2, 0) is 0 Å². The maximum Gasteiger partial charge on any atom is 0.123 e. The Morgan fingerprint density at radius 2 is 2.06 bits per heavy atom. The smallest absolute Gasteiger partial charge is 0.123 e. The summed E-state index contributed by atoms with van der Waals surface area (Å²) in [6, 6.07) is 3.94. The summed E-state index contributed by atoms with van der Waals surface area (Å²) in [6.07, 6.45) is 0. The number of ether oxygens (including phenoxy) is 1. The molecule has 1 aromatic rings. The number of halogens is 2. The van der Waals surface area contributed by atoms with Crippen molar-refractivity contribution in [1.29, 1.82) is 0 Å². The Hall–Kier alpha value is -0.660. The molecule has 0 fully saturated rings. The van der Waals surface area contributed by atoms with Crippen molar-refractivity contribution in [3.05, 3.63) is 40.4 Å². The van der Waals surface area contributed by atoms with Crippen molar-refractivity contribution in [3.8, 4) is 5.75 Å². The Kier molecular flexibility index (Phi) is 5.35. The highest BCUT2D eigenvalue weighted by Crippen LogP contribution is 2.31. The van der Waals surface area contributed by atoms with E-state index in [4.69, 9.17) is 27.9 Å². The van der Waals surface area contributed by atoms with Gasteiger partial charge < -0.3 is 4.74 Å². The predicted molar refractivity (Wildman–Crippen MR) is 75.6 cm³/mol. The zero-order chi connectivity index (χ0) is 13.0. The van der Waals surface area contributed by atoms with Crippen LogP contribution < -0.4 is 4.74 Å². The van der Waals surface area contributed by atoms with Crippen LogP contribution in [0.5, 0.6) is 5.75 Å². The second kappa shape index (κ2) is 6.32. The molecular weight excluding hydrogens is 255 g/mol. The van der Waals surface area contributed by atoms with Gasteiger partial charge in [-0.2, -0.15) is 0 Å². The van der Waals surface area contributed by atoms with Crippen molar-refractivity contribution < 1.29 is 4.74 Å². The summed E-state index contributed by atoms with van der Waals surface area (Å²) in [5.74, 6) is 1.65. The van der Waals surface area contributed by atoms with Crippen LogP contribution >= 0.6 is 23.2 Å². The third-order valence-electron chi connectivity index (χ3n) is 2.54. The number of aryl methyl sites for hydroxylation is 1. The molecule has 3 heteroatoms. The first-order valence-corrected chi connectivity index (χ1v) is 6.52. The molecule has 94 valence electrons. The molecule has 0 aliphatic heterocycles. The van der Waals surface area contributed by atoms with Crippen LogP contribution in [0.15, 0.2) is 24.3 Å². The molecule has 0 amide bonds. The molecule has 1 aromatic carbocycles. The largest absolute Gasteiger partial charge is 0.489 e. The molecule has 0 bridgehead atoms. The predicted octanol–water partition coefficient (Wildman–Crippen LogP) is 4.95. The van der Waals surface area contributed by atoms with Crippen molar-refractivity contribution in [1.82, 2.24) is 0 Å². The lowest BCUT2D eigenvalue weighted by Crippen LogP contribution is -2.03. The highest BCUT2D eigenvalue weighted by atomic mass is 35.5. The van der Waals surface area contributed by atoms with E-state index in [0.717, 1.165) is 27.5 Å². The summed E-state index contributed by atoms with van der Waals surface area (Å²) in [5, 5.41) is 0.793. The molecule has 0 atom stereocenters. The standard InChI is InChI=1S/C14H18Cl2O/c1-9(2)12-6-14(11(4)5-13(12)16)17-8-10(3)7-15/h5-6,9H,3,7-8H2,1-2,4H3. The fourth-order valence-corrected chi connectivity index (χ4v) is 2.00. The minimum absolute atomic E-state index is 0.377. The Morgan fingerprint density at radius 1 is 1.41 bits per heavy atom. The first-order valence-electron chi connectivity index (χ1n) is 5.61. The monoisotopic (exact) mass is 272 g/mol. The van der Waals surface area contributed by atoms with Crippen molar-refractivity contribution in [2.24, 2.45) is 0 Å². The van der Waals surface area contributed by atoms with Crippen LogP contribution in [0.3, 0.4) is 0 Å². The number of alkyl halides is 1. The highest BCUT2D eigenvalue weighted by molar-refractivity contribution is 6.31. The van der Waals surface area contributed by atoms with Crippen LogP contribution in [-0.4, -0.2) is 12.5 Å². The molecule has 0 spiro atoms. The molecular formula is C14H18Cl2O. The number of benzene rings is 1. The van der Waals surface area contributed by atoms with Crippen LogP contribution in [0.1, 0.15) is 30.9 Å². The van der Waals surface area contributed by atoms with Crippen LogP contribution in [0.2, 0.25) is 5.02 Å². The van der Waals surface area contributed by atoms with E-state index in [9.17, 15) is 0 Å². The van der Waals surface area contributed by atoms with E-state index < -0.39 is 0 Å². The molecule has 0 aromatic heterocycles. The quantitative estimate of drug-likeness (QED) is 0.545. The Labute approximate surface area is 113 Å². The third-order valence-corrected chi connectivity index (χ3v) is 3.24. The molecule has 0 saturated carbocycles. The SMILES string of the molecule is C=C(CCl)COc1cc(C(C)C)c(Cl)cc1C. The number of rotatable bonds is 5. The van der Waals surface area contributed by atoms with Gasteiger partial charge in [0.25, 0.3) is 0 Å². The Morgan fingerprint density at radius 3 is 2.59 bits per heavy atom. The van der Waals surface area contributed by atoms with E-state index in [1.165, 1.54) is 0 Å². The van der Waals surface area contributed by atoms with Gasteiger partial charge in [0.05, 0.1) is 0 Å². The highest BCUT2D eigenvalue weighted by Gasteiger charge is 2.10. The van der Waals surface area contributed by atoms with Crippen LogP contribution in [0.25, 0.3) is 0 Å². The second-order valence-electron chi connectivity index (χ2n) is 4.47. The fourth-order valence-electron chi connectivity index (χ4n) is 1.48. The van der Waals surface area contributed by atoms with Gasteiger partial charge in [-0.15, -0.1) is 11.6 Å². The second-order valence-corrected chi connectivity index (χ2v) is 5.14. The summed E-state index contributed by atoms with van der Waals surface area (Å²) in [4.78, 5) is 0. The molecule has 1 nitrogen and oxygen atoms in total. The lowest BCUT2D eigenvalue weighted by molar-refractivity contribution is 0.350. The Bertz CT molecular complexity index is 411. The van der Waals surface area contributed by atoms with Gasteiger partial charge in [0, 0.05) is 10.9 Å². The first-order chi connectivity index (χ1) is 7.95. The molecule has 0 radical (unpaired) electrons. The Balaban J connectivity index is 2.92. The van der Waals surface area contributed by atoms with Gasteiger partial charge in [-0.3, -0.25) is 0 Å². The first kappa shape index (κ1) is 14.4. The fraction of sp³-hybridized carbons (Fsp3) is 0.429. The van der Waals surface area contributed by atoms with E-state index in [0.29, 0.717) is 18.4 Å². The summed E-state index contributed by atoms with van der Waals surface area (Å²) in [5.41, 5.74) is 3.00. The molecule has 0 aliphatic rings. The number of hydrogen-bond donors (Lipinski definition) is 0. The number of hydrogen-bond acceptors (Lipinski definition) is 1. The molecule has 0 saturated heterocycles. The molecule has 1 rings (SSSR count). The van der Waals surface area contributed by atoms with E-state index in [1.807, 2.05) is 19.1 Å². The molecule has 17 heavy (non-hydrogen) atoms. The van der Waals surface area contributed by atoms with E-state index in [2.05, 4.69) is 20.4 Å². The molecule has 0 heterocycles. The zero-order valence-electron chi connectivity index (χ0n) is 10.5. The van der Waals surface area contributed by atoms with Crippen molar-refractivity contribution in [2.75, 3.05) is 12.5 Å². The van der Waals surface area contributed by atoms with Gasteiger partial charge in [0.15, 0.2) is 0 Å². The van der Waals surface area contributed by atoms with Crippen LogP contribution in [0.4, 0.5) is 0 Å². The van der Waals surface area contributed by atoms with Gasteiger partial charge in [-0.05, 0) is 41.7 Å². The average Bonchev–Trinajstić information content (AvgIpc) is 2.26. The van der Waals surface area contributed by atoms with Crippen molar-refractivity contribution in [2.45, 2.75) is 26.7 Å². The van der Waals surface area contributed by atoms with Crippen molar-refractivity contribution in [3.63, 3.8) is 0 Å². The summed E-state index contributed by atoms with van der Waals surface area (Å²) < 4.78 is 5.69. The minimum atomic E-state index is 0.377. The maximum atomic E-state index is 6.19. The van der Waals surface area contributed by atoms with Gasteiger partial charge in [0.1, 0.15) is 12.4 Å². The third kappa shape index (κ3) is 3.93. The van der Waals surface area contributed by atoms with E-state index in [-0.39, 0.29) is 0 Å². The summed E-state index contributed by atoms with van der Waals surface area (Å²) >= 11 is 11.9. The average molecular weight is 273 g/mol. The van der Waals surface area contributed by atoms with E-state index >= 15 is 0 Å². The molecule has 0 unspecified atom stereocenters. The summed E-state index contributed by atoms with van der Waals surface area (Å²) in [6.45, 7) is 10.5. The van der Waals surface area contributed by atoms with Gasteiger partial charge in [-0.1, -0.05) is 32.0 Å². The van der Waals surface area contributed by atoms with Gasteiger partial charge >= 0.3 is 0 Å². The topological polar surface area (TPSA) is 9.23 Å². The lowest BCUT2D eigenvalue weighted by atomic mass is 10.0. The minimum Gasteiger partial charge on any atom is -0.489 e. The normalized spacial score (nSPS) is 10.7. The molecule has 0 aliphatic carbocycles. The molecule has 0 N–H and O–H groups in total. The van der Waals surface area contributed by atoms with Crippen molar-refractivity contribution >= 4 is 23.2 Å². The van der Waals surface area contributed by atoms with Crippen LogP contribution in [0, 0.1) is 6.92 Å². The maximum absolute atomic E-state index is 6.19.